The van der Waals surface area contributed by atoms with Crippen molar-refractivity contribution in [3.05, 3.63) is 29.8 Å². The maximum absolute atomic E-state index is 11.8. The number of nitrogens with one attached hydrogen (secondary N) is 2. The topological polar surface area (TPSA) is 84.2 Å². The molecular formula is C16H26ClN3O2. The summed E-state index contributed by atoms with van der Waals surface area (Å²) in [6.45, 7) is 6.13. The average Bonchev–Trinajstić information content (AvgIpc) is 2.39. The maximum Gasteiger partial charge on any atom is 0.236 e. The Morgan fingerprint density at radius 2 is 1.77 bits per heavy atom. The summed E-state index contributed by atoms with van der Waals surface area (Å²) in [5.41, 5.74) is 7.68. The van der Waals surface area contributed by atoms with E-state index in [0.717, 1.165) is 17.7 Å². The predicted octanol–water partition coefficient (Wildman–Crippen LogP) is 2.10. The first kappa shape index (κ1) is 20.4. The third-order valence-corrected chi connectivity index (χ3v) is 3.05. The van der Waals surface area contributed by atoms with Crippen LogP contribution in [0.4, 0.5) is 5.69 Å². The van der Waals surface area contributed by atoms with E-state index < -0.39 is 6.04 Å². The van der Waals surface area contributed by atoms with Gasteiger partial charge in [-0.1, -0.05) is 26.0 Å². The standard InChI is InChI=1S/C16H25N3O2.ClH/c1-11(2)10-15(17)16(21)18-9-8-13-4-6-14(7-5-13)19-12(3)20;/h4-7,11,15H,8-10,17H2,1-3H3,(H,18,21)(H,19,20);1H/t15-;/m0./s1. The fourth-order valence-corrected chi connectivity index (χ4v) is 2.03. The molecule has 1 aromatic rings. The third-order valence-electron chi connectivity index (χ3n) is 3.05. The molecule has 0 heterocycles. The molecule has 4 N–H and O–H groups in total. The van der Waals surface area contributed by atoms with Crippen LogP contribution >= 0.6 is 12.4 Å². The number of rotatable bonds is 7. The Labute approximate surface area is 138 Å². The molecule has 1 aromatic carbocycles. The molecule has 0 bridgehead atoms. The molecule has 0 fully saturated rings. The van der Waals surface area contributed by atoms with Gasteiger partial charge in [-0.25, -0.2) is 0 Å². The van der Waals surface area contributed by atoms with Crippen molar-refractivity contribution in [2.45, 2.75) is 39.7 Å². The van der Waals surface area contributed by atoms with Crippen molar-refractivity contribution >= 4 is 29.9 Å². The molecule has 0 saturated heterocycles. The Morgan fingerprint density at radius 1 is 1.18 bits per heavy atom. The number of halogens is 1. The monoisotopic (exact) mass is 327 g/mol. The number of hydrogen-bond acceptors (Lipinski definition) is 3. The van der Waals surface area contributed by atoms with Crippen LogP contribution in [-0.2, 0) is 16.0 Å². The highest BCUT2D eigenvalue weighted by Crippen LogP contribution is 2.09. The van der Waals surface area contributed by atoms with Crippen molar-refractivity contribution in [2.75, 3.05) is 11.9 Å². The quantitative estimate of drug-likeness (QED) is 0.717. The molecule has 0 aromatic heterocycles. The highest BCUT2D eigenvalue weighted by molar-refractivity contribution is 5.88. The van der Waals surface area contributed by atoms with Crippen LogP contribution in [0.5, 0.6) is 0 Å². The van der Waals surface area contributed by atoms with Gasteiger partial charge in [-0.3, -0.25) is 9.59 Å². The van der Waals surface area contributed by atoms with Crippen LogP contribution < -0.4 is 16.4 Å². The van der Waals surface area contributed by atoms with Crippen molar-refractivity contribution in [1.82, 2.24) is 5.32 Å². The minimum Gasteiger partial charge on any atom is -0.354 e. The van der Waals surface area contributed by atoms with Gasteiger partial charge >= 0.3 is 0 Å². The van der Waals surface area contributed by atoms with E-state index in [0.29, 0.717) is 18.9 Å². The van der Waals surface area contributed by atoms with E-state index in [-0.39, 0.29) is 24.2 Å². The van der Waals surface area contributed by atoms with Gasteiger partial charge in [0, 0.05) is 19.2 Å². The van der Waals surface area contributed by atoms with Gasteiger partial charge in [-0.2, -0.15) is 0 Å². The number of carbonyl (C=O) groups excluding carboxylic acids is 2. The molecule has 0 saturated carbocycles. The van der Waals surface area contributed by atoms with Crippen molar-refractivity contribution in [3.63, 3.8) is 0 Å². The number of anilines is 1. The third kappa shape index (κ3) is 8.00. The lowest BCUT2D eigenvalue weighted by Crippen LogP contribution is -2.42. The van der Waals surface area contributed by atoms with Crippen molar-refractivity contribution in [2.24, 2.45) is 11.7 Å². The summed E-state index contributed by atoms with van der Waals surface area (Å²) in [5.74, 6) is 0.222. The summed E-state index contributed by atoms with van der Waals surface area (Å²) < 4.78 is 0. The van der Waals surface area contributed by atoms with Gasteiger partial charge in [0.05, 0.1) is 6.04 Å². The second kappa shape index (κ2) is 10.2. The highest BCUT2D eigenvalue weighted by Gasteiger charge is 2.13. The molecule has 0 spiro atoms. The van der Waals surface area contributed by atoms with Crippen LogP contribution in [0.3, 0.4) is 0 Å². The fraction of sp³-hybridized carbons (Fsp3) is 0.500. The van der Waals surface area contributed by atoms with E-state index in [4.69, 9.17) is 5.73 Å². The molecule has 0 radical (unpaired) electrons. The number of nitrogens with two attached hydrogens (primary N) is 1. The molecule has 22 heavy (non-hydrogen) atoms. The number of amides is 2. The van der Waals surface area contributed by atoms with Crippen molar-refractivity contribution < 1.29 is 9.59 Å². The molecule has 1 atom stereocenters. The van der Waals surface area contributed by atoms with Gasteiger partial charge in [-0.05, 0) is 36.5 Å². The molecule has 0 aliphatic heterocycles. The zero-order valence-electron chi connectivity index (χ0n) is 13.4. The van der Waals surface area contributed by atoms with Crippen LogP contribution in [0, 0.1) is 5.92 Å². The first-order valence-electron chi connectivity index (χ1n) is 7.28. The van der Waals surface area contributed by atoms with E-state index in [1.54, 1.807) is 0 Å². The Hall–Kier alpha value is -1.59. The van der Waals surface area contributed by atoms with E-state index in [1.165, 1.54) is 6.92 Å². The molecule has 0 unspecified atom stereocenters. The summed E-state index contributed by atoms with van der Waals surface area (Å²) in [5, 5.41) is 5.56. The van der Waals surface area contributed by atoms with Gasteiger partial charge in [0.2, 0.25) is 11.8 Å². The van der Waals surface area contributed by atoms with Crippen molar-refractivity contribution in [3.8, 4) is 0 Å². The van der Waals surface area contributed by atoms with Gasteiger partial charge in [0.25, 0.3) is 0 Å². The molecular weight excluding hydrogens is 302 g/mol. The van der Waals surface area contributed by atoms with Gasteiger partial charge in [-0.15, -0.1) is 12.4 Å². The highest BCUT2D eigenvalue weighted by atomic mass is 35.5. The Bertz CT molecular complexity index is 475. The van der Waals surface area contributed by atoms with Crippen LogP contribution in [0.2, 0.25) is 0 Å². The largest absolute Gasteiger partial charge is 0.354 e. The summed E-state index contributed by atoms with van der Waals surface area (Å²) in [6, 6.07) is 7.13. The number of hydrogen-bond donors (Lipinski definition) is 3. The molecule has 2 amide bonds. The van der Waals surface area contributed by atoms with Gasteiger partial charge in [0.1, 0.15) is 0 Å². The minimum absolute atomic E-state index is 0. The zero-order chi connectivity index (χ0) is 15.8. The lowest BCUT2D eigenvalue weighted by molar-refractivity contribution is -0.122. The van der Waals surface area contributed by atoms with Crippen LogP contribution in [-0.4, -0.2) is 24.4 Å². The Morgan fingerprint density at radius 3 is 2.27 bits per heavy atom. The smallest absolute Gasteiger partial charge is 0.236 e. The molecule has 5 nitrogen and oxygen atoms in total. The summed E-state index contributed by atoms with van der Waals surface area (Å²) in [6.07, 6.45) is 1.43. The maximum atomic E-state index is 11.8. The Balaban J connectivity index is 0.00000441. The minimum atomic E-state index is -0.438. The molecule has 124 valence electrons. The van der Waals surface area contributed by atoms with Crippen molar-refractivity contribution in [1.29, 1.82) is 0 Å². The first-order chi connectivity index (χ1) is 9.88. The normalized spacial score (nSPS) is 11.5. The number of carbonyl (C=O) groups is 2. The van der Waals surface area contributed by atoms with Gasteiger partial charge in [0.15, 0.2) is 0 Å². The van der Waals surface area contributed by atoms with Crippen LogP contribution in [0.25, 0.3) is 0 Å². The van der Waals surface area contributed by atoms with E-state index in [9.17, 15) is 9.59 Å². The fourth-order valence-electron chi connectivity index (χ4n) is 2.03. The van der Waals surface area contributed by atoms with Crippen LogP contribution in [0.1, 0.15) is 32.8 Å². The molecule has 6 heteroatoms. The lowest BCUT2D eigenvalue weighted by Gasteiger charge is -2.14. The van der Waals surface area contributed by atoms with E-state index >= 15 is 0 Å². The van der Waals surface area contributed by atoms with E-state index in [1.807, 2.05) is 38.1 Å². The SMILES string of the molecule is CC(=O)Nc1ccc(CCNC(=O)[C@@H](N)CC(C)C)cc1.Cl. The zero-order valence-corrected chi connectivity index (χ0v) is 14.2. The second-order valence-corrected chi connectivity index (χ2v) is 5.66. The number of benzene rings is 1. The van der Waals surface area contributed by atoms with Crippen LogP contribution in [0.15, 0.2) is 24.3 Å². The second-order valence-electron chi connectivity index (χ2n) is 5.66. The van der Waals surface area contributed by atoms with Gasteiger partial charge < -0.3 is 16.4 Å². The average molecular weight is 328 g/mol. The molecule has 1 rings (SSSR count). The first-order valence-corrected chi connectivity index (χ1v) is 7.28. The predicted molar refractivity (Wildman–Crippen MR) is 92.1 cm³/mol. The molecule has 0 aliphatic carbocycles. The summed E-state index contributed by atoms with van der Waals surface area (Å²) in [7, 11) is 0. The summed E-state index contributed by atoms with van der Waals surface area (Å²) >= 11 is 0. The summed E-state index contributed by atoms with van der Waals surface area (Å²) in [4.78, 5) is 22.7. The lowest BCUT2D eigenvalue weighted by atomic mass is 10.0. The Kier molecular flexibility index (Phi) is 9.45. The molecule has 0 aliphatic rings. The van der Waals surface area contributed by atoms with E-state index in [2.05, 4.69) is 10.6 Å².